The molecule has 2 heterocycles. The molecular weight excluding hydrogens is 496 g/mol. The number of nitrogens with zero attached hydrogens (tertiary/aromatic N) is 2. The van der Waals surface area contributed by atoms with E-state index in [2.05, 4.69) is 4.98 Å². The molecule has 3 rings (SSSR count). The van der Waals surface area contributed by atoms with Gasteiger partial charge < -0.3 is 14.2 Å². The molecule has 0 saturated carbocycles. The van der Waals surface area contributed by atoms with Crippen molar-refractivity contribution in [2.24, 2.45) is 0 Å². The van der Waals surface area contributed by atoms with Crippen LogP contribution >= 0.6 is 24.0 Å². The predicted octanol–water partition coefficient (Wildman–Crippen LogP) is 5.42. The second-order valence-electron chi connectivity index (χ2n) is 7.85. The van der Waals surface area contributed by atoms with Gasteiger partial charge in [-0.05, 0) is 43.7 Å². The molecule has 9 heteroatoms. The third-order valence-electron chi connectivity index (χ3n) is 5.46. The maximum atomic E-state index is 13.3. The first-order valence-corrected chi connectivity index (χ1v) is 12.4. The van der Waals surface area contributed by atoms with E-state index < -0.39 is 12.0 Å². The number of pyridine rings is 1. The molecule has 0 radical (unpaired) electrons. The number of carbonyl (C=O) groups excluding carboxylic acids is 2. The minimum absolute atomic E-state index is 0.311. The van der Waals surface area contributed by atoms with Crippen LogP contribution in [0.4, 0.5) is 0 Å². The van der Waals surface area contributed by atoms with Crippen molar-refractivity contribution in [3.05, 3.63) is 70.8 Å². The number of thioether (sulfide) groups is 1. The summed E-state index contributed by atoms with van der Waals surface area (Å²) >= 11 is 6.63. The van der Waals surface area contributed by atoms with Gasteiger partial charge in [-0.15, -0.1) is 0 Å². The molecule has 0 aliphatic carbocycles. The molecule has 1 unspecified atom stereocenters. The van der Waals surface area contributed by atoms with Crippen molar-refractivity contribution in [1.82, 2.24) is 9.88 Å². The Morgan fingerprint density at radius 1 is 1.19 bits per heavy atom. The quantitative estimate of drug-likeness (QED) is 0.186. The van der Waals surface area contributed by atoms with E-state index in [9.17, 15) is 9.59 Å². The lowest BCUT2D eigenvalue weighted by molar-refractivity contribution is -0.148. The smallest absolute Gasteiger partial charge is 0.329 e. The molecule has 1 aromatic heterocycles. The summed E-state index contributed by atoms with van der Waals surface area (Å²) in [6, 6.07) is 8.44. The number of para-hydroxylation sites is 1. The minimum Gasteiger partial charge on any atom is -0.493 e. The maximum Gasteiger partial charge on any atom is 0.329 e. The Morgan fingerprint density at radius 2 is 1.97 bits per heavy atom. The molecule has 1 atom stereocenters. The lowest BCUT2D eigenvalue weighted by Crippen LogP contribution is -2.44. The zero-order chi connectivity index (χ0) is 26.2. The summed E-state index contributed by atoms with van der Waals surface area (Å²) in [7, 11) is 4.47. The number of rotatable bonds is 9. The molecule has 188 valence electrons. The lowest BCUT2D eigenvalue weighted by atomic mass is 10.1. The Kier molecular flexibility index (Phi) is 9.44. The van der Waals surface area contributed by atoms with Crippen LogP contribution in [-0.2, 0) is 14.3 Å². The normalized spacial score (nSPS) is 16.1. The Balaban J connectivity index is 1.87. The fourth-order valence-corrected chi connectivity index (χ4v) is 5.05. The highest BCUT2D eigenvalue weighted by molar-refractivity contribution is 8.26. The van der Waals surface area contributed by atoms with Gasteiger partial charge in [-0.25, -0.2) is 4.79 Å². The highest BCUT2D eigenvalue weighted by Crippen LogP contribution is 2.38. The monoisotopic (exact) mass is 524 g/mol. The van der Waals surface area contributed by atoms with Crippen molar-refractivity contribution in [2.75, 3.05) is 21.3 Å². The van der Waals surface area contributed by atoms with Gasteiger partial charge in [0.2, 0.25) is 0 Å². The van der Waals surface area contributed by atoms with E-state index in [0.717, 1.165) is 28.5 Å². The molecule has 0 bridgehead atoms. The molecule has 2 aromatic rings. The molecule has 1 aliphatic heterocycles. The molecule has 0 spiro atoms. The summed E-state index contributed by atoms with van der Waals surface area (Å²) < 4.78 is 16.2. The fourth-order valence-electron chi connectivity index (χ4n) is 3.69. The first-order chi connectivity index (χ1) is 17.3. The third-order valence-corrected chi connectivity index (χ3v) is 6.79. The van der Waals surface area contributed by atoms with Gasteiger partial charge >= 0.3 is 5.97 Å². The second-order valence-corrected chi connectivity index (χ2v) is 9.53. The van der Waals surface area contributed by atoms with Gasteiger partial charge in [-0.3, -0.25) is 14.7 Å². The van der Waals surface area contributed by atoms with E-state index in [1.54, 1.807) is 26.5 Å². The molecule has 1 aromatic carbocycles. The number of aromatic nitrogens is 1. The number of hydrogen-bond donors (Lipinski definition) is 0. The predicted molar refractivity (Wildman–Crippen MR) is 147 cm³/mol. The standard InChI is InChI=1S/C27H28N2O5S2/c1-6-7-9-17(2)14-21(26(31)34-5)29-25(30)23(36-27(29)35)15-18-12-13-20(28-16-18)19-10-8-11-22(32-3)24(19)33-4/h6-13,15-16,21H,14H2,1-5H3. The van der Waals surface area contributed by atoms with Crippen molar-refractivity contribution in [3.8, 4) is 22.8 Å². The van der Waals surface area contributed by atoms with Gasteiger partial charge in [0.1, 0.15) is 10.4 Å². The number of amides is 1. The van der Waals surface area contributed by atoms with Crippen LogP contribution in [0.5, 0.6) is 11.5 Å². The summed E-state index contributed by atoms with van der Waals surface area (Å²) in [5, 5.41) is 0. The average Bonchev–Trinajstić information content (AvgIpc) is 3.17. The number of ether oxygens (including phenoxy) is 3. The molecule has 7 nitrogen and oxygen atoms in total. The van der Waals surface area contributed by atoms with E-state index in [1.807, 2.05) is 62.4 Å². The Morgan fingerprint density at radius 3 is 2.58 bits per heavy atom. The summed E-state index contributed by atoms with van der Waals surface area (Å²) in [6.07, 6.45) is 9.37. The van der Waals surface area contributed by atoms with Crippen LogP contribution in [0.2, 0.25) is 0 Å². The van der Waals surface area contributed by atoms with Crippen LogP contribution in [0, 0.1) is 0 Å². The van der Waals surface area contributed by atoms with Crippen molar-refractivity contribution < 1.29 is 23.8 Å². The molecule has 1 fully saturated rings. The topological polar surface area (TPSA) is 78.0 Å². The lowest BCUT2D eigenvalue weighted by Gasteiger charge is -2.24. The molecular formula is C27H28N2O5S2. The molecule has 1 amide bonds. The van der Waals surface area contributed by atoms with Crippen LogP contribution in [-0.4, -0.2) is 53.5 Å². The van der Waals surface area contributed by atoms with Gasteiger partial charge in [-0.2, -0.15) is 0 Å². The van der Waals surface area contributed by atoms with Gasteiger partial charge in [0, 0.05) is 18.2 Å². The van der Waals surface area contributed by atoms with Gasteiger partial charge in [0.15, 0.2) is 11.5 Å². The molecule has 1 saturated heterocycles. The van der Waals surface area contributed by atoms with Gasteiger partial charge in [-0.1, -0.05) is 59.9 Å². The number of allylic oxidation sites excluding steroid dienone is 3. The van der Waals surface area contributed by atoms with Crippen LogP contribution in [0.15, 0.2) is 65.2 Å². The number of methoxy groups -OCH3 is 3. The van der Waals surface area contributed by atoms with Crippen LogP contribution in [0.1, 0.15) is 25.8 Å². The third kappa shape index (κ3) is 6.03. The van der Waals surface area contributed by atoms with Crippen molar-refractivity contribution in [2.45, 2.75) is 26.3 Å². The number of benzene rings is 1. The van der Waals surface area contributed by atoms with Crippen LogP contribution in [0.3, 0.4) is 0 Å². The Labute approximate surface area is 220 Å². The molecule has 36 heavy (non-hydrogen) atoms. The van der Waals surface area contributed by atoms with Crippen molar-refractivity contribution in [3.63, 3.8) is 0 Å². The van der Waals surface area contributed by atoms with Crippen LogP contribution in [0.25, 0.3) is 17.3 Å². The number of esters is 1. The van der Waals surface area contributed by atoms with Gasteiger partial charge in [0.05, 0.1) is 31.9 Å². The van der Waals surface area contributed by atoms with E-state index >= 15 is 0 Å². The number of carbonyl (C=O) groups is 2. The van der Waals surface area contributed by atoms with E-state index in [1.165, 1.54) is 12.0 Å². The van der Waals surface area contributed by atoms with E-state index in [0.29, 0.717) is 32.8 Å². The van der Waals surface area contributed by atoms with E-state index in [4.69, 9.17) is 26.4 Å². The highest BCUT2D eigenvalue weighted by atomic mass is 32.2. The molecule has 1 aliphatic rings. The summed E-state index contributed by atoms with van der Waals surface area (Å²) in [4.78, 5) is 32.1. The van der Waals surface area contributed by atoms with E-state index in [-0.39, 0.29) is 5.91 Å². The highest BCUT2D eigenvalue weighted by Gasteiger charge is 2.41. The number of thiocarbonyl (C=S) groups is 1. The average molecular weight is 525 g/mol. The largest absolute Gasteiger partial charge is 0.493 e. The maximum absolute atomic E-state index is 13.3. The zero-order valence-electron chi connectivity index (χ0n) is 20.8. The summed E-state index contributed by atoms with van der Waals surface area (Å²) in [5.41, 5.74) is 3.13. The summed E-state index contributed by atoms with van der Waals surface area (Å²) in [6.45, 7) is 3.80. The SMILES string of the molecule is CC=CC=C(C)CC(C(=O)OC)N1C(=O)C(=Cc2ccc(-c3cccc(OC)c3OC)nc2)SC1=S. The fraction of sp³-hybridized carbons (Fsp3) is 0.259. The number of hydrogen-bond acceptors (Lipinski definition) is 8. The summed E-state index contributed by atoms with van der Waals surface area (Å²) in [5.74, 6) is 0.353. The first-order valence-electron chi connectivity index (χ1n) is 11.1. The first kappa shape index (κ1) is 27.2. The zero-order valence-corrected chi connectivity index (χ0v) is 22.4. The van der Waals surface area contributed by atoms with Crippen molar-refractivity contribution >= 4 is 46.3 Å². The molecule has 0 N–H and O–H groups in total. The van der Waals surface area contributed by atoms with Gasteiger partial charge in [0.25, 0.3) is 5.91 Å². The van der Waals surface area contributed by atoms with Crippen molar-refractivity contribution in [1.29, 1.82) is 0 Å². The van der Waals surface area contributed by atoms with Crippen LogP contribution < -0.4 is 9.47 Å². The Bertz CT molecular complexity index is 1240. The second kappa shape index (κ2) is 12.5. The minimum atomic E-state index is -0.837. The Hall–Kier alpha value is -3.43.